The van der Waals surface area contributed by atoms with Crippen molar-refractivity contribution in [1.82, 2.24) is 15.1 Å². The maximum atomic E-state index is 6.39. The molecule has 0 spiro atoms. The predicted octanol–water partition coefficient (Wildman–Crippen LogP) is 3.82. The molecule has 0 fully saturated rings. The van der Waals surface area contributed by atoms with Crippen LogP contribution < -0.4 is 5.32 Å². The number of nitrogens with one attached hydrogen (secondary N) is 1. The number of rotatable bonds is 8. The van der Waals surface area contributed by atoms with Crippen LogP contribution in [0.15, 0.2) is 0 Å². The van der Waals surface area contributed by atoms with Gasteiger partial charge in [-0.15, -0.1) is 0 Å². The highest BCUT2D eigenvalue weighted by Gasteiger charge is 2.20. The first-order valence-electron chi connectivity index (χ1n) is 7.50. The molecule has 1 aromatic heterocycles. The lowest BCUT2D eigenvalue weighted by Crippen LogP contribution is -2.36. The van der Waals surface area contributed by atoms with E-state index in [1.807, 2.05) is 11.6 Å². The highest BCUT2D eigenvalue weighted by molar-refractivity contribution is 6.31. The van der Waals surface area contributed by atoms with Gasteiger partial charge in [0.1, 0.15) is 0 Å². The zero-order valence-corrected chi connectivity index (χ0v) is 13.7. The van der Waals surface area contributed by atoms with Crippen LogP contribution in [0.3, 0.4) is 0 Å². The van der Waals surface area contributed by atoms with Crippen LogP contribution in [0.1, 0.15) is 51.9 Å². The highest BCUT2D eigenvalue weighted by atomic mass is 35.5. The van der Waals surface area contributed by atoms with Crippen molar-refractivity contribution in [3.05, 3.63) is 16.4 Å². The highest BCUT2D eigenvalue weighted by Crippen LogP contribution is 2.24. The third kappa shape index (κ3) is 4.22. The summed E-state index contributed by atoms with van der Waals surface area (Å²) in [5, 5.41) is 8.97. The summed E-state index contributed by atoms with van der Waals surface area (Å²) in [6, 6.07) is 0.552. The molecule has 2 unspecified atom stereocenters. The van der Waals surface area contributed by atoms with Gasteiger partial charge in [-0.05, 0) is 45.6 Å². The number of hydrogen-bond donors (Lipinski definition) is 1. The molecule has 0 aliphatic heterocycles. The van der Waals surface area contributed by atoms with E-state index in [0.29, 0.717) is 12.0 Å². The van der Waals surface area contributed by atoms with Gasteiger partial charge in [-0.3, -0.25) is 4.68 Å². The maximum Gasteiger partial charge on any atom is 0.0847 e. The predicted molar refractivity (Wildman–Crippen MR) is 82.9 cm³/mol. The Balaban J connectivity index is 2.77. The van der Waals surface area contributed by atoms with E-state index in [-0.39, 0.29) is 0 Å². The summed E-state index contributed by atoms with van der Waals surface area (Å²) in [4.78, 5) is 0. The zero-order valence-electron chi connectivity index (χ0n) is 13.0. The molecule has 1 aromatic rings. The minimum absolute atomic E-state index is 0.552. The average molecular weight is 286 g/mol. The van der Waals surface area contributed by atoms with Crippen LogP contribution in [0.4, 0.5) is 0 Å². The second-order valence-corrected chi connectivity index (χ2v) is 5.69. The Morgan fingerprint density at radius 2 is 2.00 bits per heavy atom. The number of halogens is 1. The molecule has 0 radical (unpaired) electrons. The van der Waals surface area contributed by atoms with Crippen molar-refractivity contribution in [1.29, 1.82) is 0 Å². The fourth-order valence-electron chi connectivity index (χ4n) is 2.59. The van der Waals surface area contributed by atoms with E-state index in [1.165, 1.54) is 12.1 Å². The van der Waals surface area contributed by atoms with Crippen LogP contribution in [0, 0.1) is 12.8 Å². The number of aromatic nitrogens is 2. The van der Waals surface area contributed by atoms with E-state index in [1.54, 1.807) is 0 Å². The molecule has 2 atom stereocenters. The fourth-order valence-corrected chi connectivity index (χ4v) is 2.80. The Morgan fingerprint density at radius 3 is 2.53 bits per heavy atom. The molecule has 3 nitrogen and oxygen atoms in total. The van der Waals surface area contributed by atoms with Gasteiger partial charge >= 0.3 is 0 Å². The Morgan fingerprint density at radius 1 is 1.32 bits per heavy atom. The van der Waals surface area contributed by atoms with E-state index in [9.17, 15) is 0 Å². The van der Waals surface area contributed by atoms with Crippen molar-refractivity contribution in [3.8, 4) is 0 Å². The molecule has 1 heterocycles. The van der Waals surface area contributed by atoms with Crippen LogP contribution in [0.5, 0.6) is 0 Å². The fraction of sp³-hybridized carbons (Fsp3) is 0.800. The van der Waals surface area contributed by atoms with E-state index in [0.717, 1.165) is 36.6 Å². The summed E-state index contributed by atoms with van der Waals surface area (Å²) < 4.78 is 2.04. The molecule has 4 heteroatoms. The van der Waals surface area contributed by atoms with Gasteiger partial charge in [-0.25, -0.2) is 0 Å². The monoisotopic (exact) mass is 285 g/mol. The van der Waals surface area contributed by atoms with E-state index >= 15 is 0 Å². The summed E-state index contributed by atoms with van der Waals surface area (Å²) in [5.41, 5.74) is 2.13. The molecule has 1 N–H and O–H groups in total. The molecular weight excluding hydrogens is 258 g/mol. The lowest BCUT2D eigenvalue weighted by molar-refractivity contribution is 0.357. The number of hydrogen-bond acceptors (Lipinski definition) is 2. The standard InChI is InChI=1S/C15H28ClN3/c1-6-9-17-13(7-2)11(4)10-14-15(16)12(5)18-19(14)8-3/h11,13,17H,6-10H2,1-5H3. The minimum atomic E-state index is 0.552. The van der Waals surface area contributed by atoms with Crippen molar-refractivity contribution >= 4 is 11.6 Å². The van der Waals surface area contributed by atoms with Crippen LogP contribution in [-0.4, -0.2) is 22.4 Å². The Kier molecular flexibility index (Phi) is 6.87. The van der Waals surface area contributed by atoms with Gasteiger partial charge in [0, 0.05) is 12.6 Å². The first-order chi connectivity index (χ1) is 9.04. The first-order valence-corrected chi connectivity index (χ1v) is 7.87. The van der Waals surface area contributed by atoms with Gasteiger partial charge in [0.05, 0.1) is 16.4 Å². The molecule has 0 saturated heterocycles. The normalized spacial score (nSPS) is 14.6. The second kappa shape index (κ2) is 7.91. The van der Waals surface area contributed by atoms with E-state index < -0.39 is 0 Å². The Hall–Kier alpha value is -0.540. The van der Waals surface area contributed by atoms with Gasteiger partial charge in [0.15, 0.2) is 0 Å². The van der Waals surface area contributed by atoms with Crippen molar-refractivity contribution in [2.24, 2.45) is 5.92 Å². The topological polar surface area (TPSA) is 29.9 Å². The smallest absolute Gasteiger partial charge is 0.0847 e. The second-order valence-electron chi connectivity index (χ2n) is 5.31. The van der Waals surface area contributed by atoms with Crippen molar-refractivity contribution < 1.29 is 0 Å². The summed E-state index contributed by atoms with van der Waals surface area (Å²) in [6.07, 6.45) is 3.32. The minimum Gasteiger partial charge on any atom is -0.314 e. The quantitative estimate of drug-likeness (QED) is 0.787. The molecule has 110 valence electrons. The summed E-state index contributed by atoms with van der Waals surface area (Å²) in [7, 11) is 0. The summed E-state index contributed by atoms with van der Waals surface area (Å²) >= 11 is 6.39. The molecule has 19 heavy (non-hydrogen) atoms. The lowest BCUT2D eigenvalue weighted by atomic mass is 9.94. The Labute approximate surface area is 122 Å². The van der Waals surface area contributed by atoms with Gasteiger partial charge < -0.3 is 5.32 Å². The van der Waals surface area contributed by atoms with Crippen molar-refractivity contribution in [2.45, 2.75) is 66.5 Å². The first kappa shape index (κ1) is 16.5. The van der Waals surface area contributed by atoms with Crippen LogP contribution in [0.25, 0.3) is 0 Å². The molecule has 1 rings (SSSR count). The molecule has 0 aliphatic rings. The van der Waals surface area contributed by atoms with Gasteiger partial charge in [0.25, 0.3) is 0 Å². The van der Waals surface area contributed by atoms with Gasteiger partial charge in [-0.2, -0.15) is 5.10 Å². The SMILES string of the molecule is CCCNC(CC)C(C)Cc1c(Cl)c(C)nn1CC. The maximum absolute atomic E-state index is 6.39. The van der Waals surface area contributed by atoms with Gasteiger partial charge in [-0.1, -0.05) is 32.4 Å². The number of nitrogens with zero attached hydrogens (tertiary/aromatic N) is 2. The lowest BCUT2D eigenvalue weighted by Gasteiger charge is -2.24. The largest absolute Gasteiger partial charge is 0.314 e. The van der Waals surface area contributed by atoms with Crippen LogP contribution >= 0.6 is 11.6 Å². The van der Waals surface area contributed by atoms with E-state index in [2.05, 4.69) is 38.1 Å². The zero-order chi connectivity index (χ0) is 14.4. The Bertz CT molecular complexity index is 387. The van der Waals surface area contributed by atoms with E-state index in [4.69, 9.17) is 11.6 Å². The average Bonchev–Trinajstić information content (AvgIpc) is 2.67. The van der Waals surface area contributed by atoms with Crippen LogP contribution in [0.2, 0.25) is 5.02 Å². The number of aryl methyl sites for hydroxylation is 2. The molecule has 0 aliphatic carbocycles. The molecular formula is C15H28ClN3. The van der Waals surface area contributed by atoms with Crippen molar-refractivity contribution in [2.75, 3.05) is 6.54 Å². The summed E-state index contributed by atoms with van der Waals surface area (Å²) in [6.45, 7) is 12.8. The third-order valence-electron chi connectivity index (χ3n) is 3.75. The van der Waals surface area contributed by atoms with Crippen molar-refractivity contribution in [3.63, 3.8) is 0 Å². The molecule has 0 amide bonds. The van der Waals surface area contributed by atoms with Crippen LogP contribution in [-0.2, 0) is 13.0 Å². The third-order valence-corrected chi connectivity index (χ3v) is 4.24. The summed E-state index contributed by atoms with van der Waals surface area (Å²) in [5.74, 6) is 0.565. The van der Waals surface area contributed by atoms with Gasteiger partial charge in [0.2, 0.25) is 0 Å². The molecule has 0 bridgehead atoms. The molecule has 0 saturated carbocycles. The molecule has 0 aromatic carbocycles.